The maximum Gasteiger partial charge on any atom is 0.237 e. The van der Waals surface area contributed by atoms with Gasteiger partial charge in [-0.25, -0.2) is 4.39 Å². The summed E-state index contributed by atoms with van der Waals surface area (Å²) in [5.74, 6) is 0.679. The van der Waals surface area contributed by atoms with Gasteiger partial charge in [-0.05, 0) is 62.4 Å². The average Bonchev–Trinajstić information content (AvgIpc) is 3.23. The normalized spacial score (nSPS) is 21.7. The van der Waals surface area contributed by atoms with E-state index in [1.165, 1.54) is 12.1 Å². The molecule has 0 bridgehead atoms. The molecular formula is C20H29ClFN3O3. The molecule has 0 spiro atoms. The van der Waals surface area contributed by atoms with Crippen molar-refractivity contribution in [2.75, 3.05) is 32.8 Å². The first-order valence-corrected chi connectivity index (χ1v) is 9.79. The van der Waals surface area contributed by atoms with Gasteiger partial charge >= 0.3 is 0 Å². The van der Waals surface area contributed by atoms with Gasteiger partial charge in [0.1, 0.15) is 11.6 Å². The smallest absolute Gasteiger partial charge is 0.237 e. The molecule has 2 amide bonds. The number of nitrogens with one attached hydrogen (secondary N) is 2. The van der Waals surface area contributed by atoms with Crippen LogP contribution in [-0.2, 0) is 9.59 Å². The molecule has 2 heterocycles. The third-order valence-corrected chi connectivity index (χ3v) is 5.21. The number of rotatable bonds is 7. The molecule has 0 aliphatic carbocycles. The number of amides is 2. The molecular weight excluding hydrogens is 385 g/mol. The summed E-state index contributed by atoms with van der Waals surface area (Å²) in [6, 6.07) is 5.72. The second kappa shape index (κ2) is 11.2. The van der Waals surface area contributed by atoms with Crippen molar-refractivity contribution in [2.45, 2.75) is 38.1 Å². The van der Waals surface area contributed by atoms with Crippen molar-refractivity contribution >= 4 is 24.2 Å². The van der Waals surface area contributed by atoms with Crippen molar-refractivity contribution in [2.24, 2.45) is 5.92 Å². The lowest BCUT2D eigenvalue weighted by molar-refractivity contribution is -0.133. The van der Waals surface area contributed by atoms with E-state index in [0.29, 0.717) is 31.2 Å². The average molecular weight is 414 g/mol. The number of carbonyl (C=O) groups excluding carboxylic acids is 2. The first-order valence-electron chi connectivity index (χ1n) is 9.79. The zero-order valence-electron chi connectivity index (χ0n) is 16.0. The van der Waals surface area contributed by atoms with Crippen molar-refractivity contribution in [3.63, 3.8) is 0 Å². The Morgan fingerprint density at radius 2 is 2.00 bits per heavy atom. The summed E-state index contributed by atoms with van der Waals surface area (Å²) < 4.78 is 18.4. The van der Waals surface area contributed by atoms with Crippen LogP contribution < -0.4 is 15.4 Å². The van der Waals surface area contributed by atoms with Crippen molar-refractivity contribution < 1.29 is 18.7 Å². The number of ether oxygens (including phenoxy) is 1. The highest BCUT2D eigenvalue weighted by Crippen LogP contribution is 2.17. The zero-order chi connectivity index (χ0) is 19.1. The number of nitrogens with zero attached hydrogens (tertiary/aromatic N) is 1. The van der Waals surface area contributed by atoms with E-state index in [1.54, 1.807) is 12.1 Å². The van der Waals surface area contributed by atoms with Crippen LogP contribution >= 0.6 is 12.4 Å². The summed E-state index contributed by atoms with van der Waals surface area (Å²) in [6.45, 7) is 3.23. The number of carbonyl (C=O) groups is 2. The van der Waals surface area contributed by atoms with Crippen LogP contribution in [0.25, 0.3) is 0 Å². The van der Waals surface area contributed by atoms with E-state index in [-0.39, 0.29) is 42.7 Å². The summed E-state index contributed by atoms with van der Waals surface area (Å²) in [5, 5.41) is 6.23. The quantitative estimate of drug-likeness (QED) is 0.718. The molecule has 28 heavy (non-hydrogen) atoms. The minimum Gasteiger partial charge on any atom is -0.493 e. The molecule has 2 N–H and O–H groups in total. The number of benzene rings is 1. The Kier molecular flexibility index (Phi) is 8.99. The van der Waals surface area contributed by atoms with Crippen molar-refractivity contribution in [1.29, 1.82) is 0 Å². The predicted molar refractivity (Wildman–Crippen MR) is 107 cm³/mol. The number of hydrogen-bond acceptors (Lipinski definition) is 4. The fraction of sp³-hybridized carbons (Fsp3) is 0.600. The van der Waals surface area contributed by atoms with Crippen LogP contribution in [0.5, 0.6) is 5.75 Å². The standard InChI is InChI=1S/C20H28FN3O3.ClH/c21-16-5-7-17(8-6-16)27-12-9-19(25)24-11-2-3-15(14-24)13-23-20(26)18-4-1-10-22-18;/h5-8,15,18,22H,1-4,9-14H2,(H,23,26);1H. The lowest BCUT2D eigenvalue weighted by Gasteiger charge is -2.33. The summed E-state index contributed by atoms with van der Waals surface area (Å²) in [6.07, 6.45) is 4.21. The van der Waals surface area contributed by atoms with Crippen LogP contribution in [-0.4, -0.2) is 55.5 Å². The van der Waals surface area contributed by atoms with Gasteiger partial charge in [-0.15, -0.1) is 12.4 Å². The van der Waals surface area contributed by atoms with E-state index in [1.807, 2.05) is 4.90 Å². The SMILES string of the molecule is Cl.O=C(NCC1CCCN(C(=O)CCOc2ccc(F)cc2)C1)C1CCCN1. The van der Waals surface area contributed by atoms with E-state index < -0.39 is 0 Å². The summed E-state index contributed by atoms with van der Waals surface area (Å²) in [5.41, 5.74) is 0. The first-order chi connectivity index (χ1) is 13.1. The van der Waals surface area contributed by atoms with Crippen LogP contribution in [0.15, 0.2) is 24.3 Å². The number of piperidine rings is 1. The Bertz CT molecular complexity index is 638. The number of likely N-dealkylation sites (tertiary alicyclic amines) is 1. The van der Waals surface area contributed by atoms with E-state index in [9.17, 15) is 14.0 Å². The molecule has 6 nitrogen and oxygen atoms in total. The molecule has 2 atom stereocenters. The molecule has 2 saturated heterocycles. The van der Waals surface area contributed by atoms with Crippen molar-refractivity contribution in [1.82, 2.24) is 15.5 Å². The maximum absolute atomic E-state index is 12.9. The Morgan fingerprint density at radius 3 is 2.71 bits per heavy atom. The van der Waals surface area contributed by atoms with Crippen LogP contribution in [0, 0.1) is 11.7 Å². The molecule has 156 valence electrons. The molecule has 1 aromatic rings. The van der Waals surface area contributed by atoms with Gasteiger partial charge in [-0.3, -0.25) is 9.59 Å². The molecule has 2 fully saturated rings. The third-order valence-electron chi connectivity index (χ3n) is 5.21. The number of halogens is 2. The van der Waals surface area contributed by atoms with E-state index in [0.717, 1.165) is 38.8 Å². The Hall–Kier alpha value is -1.86. The van der Waals surface area contributed by atoms with Gasteiger partial charge in [0.15, 0.2) is 0 Å². The summed E-state index contributed by atoms with van der Waals surface area (Å²) >= 11 is 0. The molecule has 1 aromatic carbocycles. The third kappa shape index (κ3) is 6.63. The predicted octanol–water partition coefficient (Wildman–Crippen LogP) is 2.12. The van der Waals surface area contributed by atoms with Crippen molar-refractivity contribution in [3.8, 4) is 5.75 Å². The minimum atomic E-state index is -0.311. The van der Waals surface area contributed by atoms with E-state index in [4.69, 9.17) is 4.74 Å². The Balaban J connectivity index is 0.00000280. The number of hydrogen-bond donors (Lipinski definition) is 2. The van der Waals surface area contributed by atoms with Gasteiger partial charge < -0.3 is 20.3 Å². The van der Waals surface area contributed by atoms with Crippen LogP contribution in [0.1, 0.15) is 32.1 Å². The highest BCUT2D eigenvalue weighted by Gasteiger charge is 2.26. The second-order valence-corrected chi connectivity index (χ2v) is 7.29. The lowest BCUT2D eigenvalue weighted by atomic mass is 9.97. The molecule has 0 radical (unpaired) electrons. The van der Waals surface area contributed by atoms with E-state index in [2.05, 4.69) is 10.6 Å². The zero-order valence-corrected chi connectivity index (χ0v) is 16.8. The van der Waals surface area contributed by atoms with Gasteiger partial charge in [0, 0.05) is 19.6 Å². The van der Waals surface area contributed by atoms with Gasteiger partial charge in [-0.2, -0.15) is 0 Å². The molecule has 8 heteroatoms. The maximum atomic E-state index is 12.9. The molecule has 2 aliphatic rings. The molecule has 0 aromatic heterocycles. The molecule has 2 aliphatic heterocycles. The summed E-state index contributed by atoms with van der Waals surface area (Å²) in [7, 11) is 0. The van der Waals surface area contributed by atoms with Gasteiger partial charge in [0.2, 0.25) is 11.8 Å². The fourth-order valence-corrected chi connectivity index (χ4v) is 3.68. The van der Waals surface area contributed by atoms with Gasteiger partial charge in [-0.1, -0.05) is 0 Å². The van der Waals surface area contributed by atoms with Crippen LogP contribution in [0.3, 0.4) is 0 Å². The van der Waals surface area contributed by atoms with E-state index >= 15 is 0 Å². The molecule has 0 saturated carbocycles. The first kappa shape index (κ1) is 22.4. The second-order valence-electron chi connectivity index (χ2n) is 7.29. The van der Waals surface area contributed by atoms with Gasteiger partial charge in [0.25, 0.3) is 0 Å². The van der Waals surface area contributed by atoms with Crippen LogP contribution in [0.2, 0.25) is 0 Å². The minimum absolute atomic E-state index is 0. The molecule has 3 rings (SSSR count). The molecule has 2 unspecified atom stereocenters. The topological polar surface area (TPSA) is 70.7 Å². The van der Waals surface area contributed by atoms with Gasteiger partial charge in [0.05, 0.1) is 19.1 Å². The fourth-order valence-electron chi connectivity index (χ4n) is 3.68. The van der Waals surface area contributed by atoms with Crippen LogP contribution in [0.4, 0.5) is 4.39 Å². The highest BCUT2D eigenvalue weighted by atomic mass is 35.5. The lowest BCUT2D eigenvalue weighted by Crippen LogP contribution is -2.46. The summed E-state index contributed by atoms with van der Waals surface area (Å²) in [4.78, 5) is 26.4. The monoisotopic (exact) mass is 413 g/mol. The Morgan fingerprint density at radius 1 is 1.21 bits per heavy atom. The largest absolute Gasteiger partial charge is 0.493 e. The Labute approximate surface area is 171 Å². The van der Waals surface area contributed by atoms with Crippen molar-refractivity contribution in [3.05, 3.63) is 30.1 Å². The highest BCUT2D eigenvalue weighted by molar-refractivity contribution is 5.85.